The first-order valence-corrected chi connectivity index (χ1v) is 13.1. The number of piperazine rings is 1. The van der Waals surface area contributed by atoms with Crippen molar-refractivity contribution in [3.63, 3.8) is 0 Å². The average molecular weight is 499 g/mol. The van der Waals surface area contributed by atoms with E-state index in [1.54, 1.807) is 0 Å². The Morgan fingerprint density at radius 1 is 0.946 bits per heavy atom. The number of ether oxygens (including phenoxy) is 1. The first-order valence-electron chi connectivity index (χ1n) is 13.1. The van der Waals surface area contributed by atoms with Crippen molar-refractivity contribution in [2.75, 3.05) is 37.7 Å². The van der Waals surface area contributed by atoms with Crippen LogP contribution in [0.15, 0.2) is 60.7 Å². The zero-order valence-corrected chi connectivity index (χ0v) is 21.6. The van der Waals surface area contributed by atoms with Crippen molar-refractivity contribution in [1.29, 1.82) is 0 Å². The molecule has 8 heteroatoms. The van der Waals surface area contributed by atoms with Gasteiger partial charge in [0.15, 0.2) is 5.65 Å². The quantitative estimate of drug-likeness (QED) is 0.342. The molecule has 1 fully saturated rings. The molecule has 8 nitrogen and oxygen atoms in total. The van der Waals surface area contributed by atoms with Gasteiger partial charge in [0.05, 0.1) is 23.4 Å². The molecular weight excluding hydrogens is 464 g/mol. The second-order valence-corrected chi connectivity index (χ2v) is 9.44. The van der Waals surface area contributed by atoms with Crippen molar-refractivity contribution in [3.8, 4) is 5.69 Å². The molecule has 1 aliphatic rings. The molecule has 0 radical (unpaired) electrons. The highest BCUT2D eigenvalue weighted by Crippen LogP contribution is 2.30. The zero-order valence-electron chi connectivity index (χ0n) is 21.6. The van der Waals surface area contributed by atoms with Crippen LogP contribution in [0.5, 0.6) is 0 Å². The highest BCUT2D eigenvalue weighted by molar-refractivity contribution is 5.91. The number of carbonyl (C=O) groups is 1. The van der Waals surface area contributed by atoms with Crippen LogP contribution in [0.4, 0.5) is 5.82 Å². The Balaban J connectivity index is 1.33. The van der Waals surface area contributed by atoms with Gasteiger partial charge >= 0.3 is 0 Å². The zero-order chi connectivity index (χ0) is 25.6. The molecule has 3 heterocycles. The molecule has 1 saturated heterocycles. The number of hydrogen-bond donors (Lipinski definition) is 0. The number of unbranched alkanes of at least 4 members (excludes halogenated alkanes) is 1. The lowest BCUT2D eigenvalue weighted by atomic mass is 10.2. The molecule has 37 heavy (non-hydrogen) atoms. The number of aryl methyl sites for hydroxylation is 2. The molecule has 5 rings (SSSR count). The minimum absolute atomic E-state index is 0.0279. The maximum absolute atomic E-state index is 12.8. The molecule has 0 N–H and O–H groups in total. The molecular formula is C29H34N6O2. The summed E-state index contributed by atoms with van der Waals surface area (Å²) in [6.45, 7) is 7.42. The number of hydrogen-bond acceptors (Lipinski definition) is 6. The Morgan fingerprint density at radius 2 is 1.65 bits per heavy atom. The van der Waals surface area contributed by atoms with Crippen LogP contribution in [0, 0.1) is 6.92 Å². The van der Waals surface area contributed by atoms with E-state index in [0.717, 1.165) is 58.9 Å². The smallest absolute Gasteiger partial charge is 0.248 e. The molecule has 0 atom stereocenters. The summed E-state index contributed by atoms with van der Waals surface area (Å²) in [5.74, 6) is 1.79. The summed E-state index contributed by atoms with van der Waals surface area (Å²) in [7, 11) is 0. The summed E-state index contributed by atoms with van der Waals surface area (Å²) in [5.41, 5.74) is 3.80. The van der Waals surface area contributed by atoms with E-state index in [1.165, 1.54) is 0 Å². The Kier molecular flexibility index (Phi) is 7.75. The van der Waals surface area contributed by atoms with E-state index in [0.29, 0.717) is 32.8 Å². The van der Waals surface area contributed by atoms with Gasteiger partial charge < -0.3 is 14.5 Å². The van der Waals surface area contributed by atoms with Crippen molar-refractivity contribution in [2.45, 2.75) is 39.7 Å². The number of amides is 1. The van der Waals surface area contributed by atoms with Crippen LogP contribution in [-0.4, -0.2) is 63.3 Å². The van der Waals surface area contributed by atoms with Crippen LogP contribution >= 0.6 is 0 Å². The minimum atomic E-state index is 0.0279. The second-order valence-electron chi connectivity index (χ2n) is 9.44. The fourth-order valence-electron chi connectivity index (χ4n) is 4.72. The first-order chi connectivity index (χ1) is 18.1. The highest BCUT2D eigenvalue weighted by Gasteiger charge is 2.26. The number of anilines is 1. The van der Waals surface area contributed by atoms with Gasteiger partial charge in [-0.2, -0.15) is 5.10 Å². The van der Waals surface area contributed by atoms with Gasteiger partial charge in [0.2, 0.25) is 5.91 Å². The van der Waals surface area contributed by atoms with Crippen molar-refractivity contribution < 1.29 is 9.53 Å². The van der Waals surface area contributed by atoms with E-state index < -0.39 is 0 Å². The molecule has 2 aromatic carbocycles. The summed E-state index contributed by atoms with van der Waals surface area (Å²) in [6.07, 6.45) is 2.95. The third-order valence-electron chi connectivity index (χ3n) is 6.75. The van der Waals surface area contributed by atoms with Crippen molar-refractivity contribution >= 4 is 22.8 Å². The van der Waals surface area contributed by atoms with Gasteiger partial charge in [0, 0.05) is 32.6 Å². The first kappa shape index (κ1) is 24.9. The fourth-order valence-corrected chi connectivity index (χ4v) is 4.72. The van der Waals surface area contributed by atoms with E-state index in [9.17, 15) is 4.79 Å². The molecule has 0 spiro atoms. The molecule has 0 saturated carbocycles. The van der Waals surface area contributed by atoms with Crippen molar-refractivity contribution in [2.24, 2.45) is 0 Å². The number of rotatable bonds is 9. The monoisotopic (exact) mass is 498 g/mol. The number of aromatic nitrogens is 4. The fraction of sp³-hybridized carbons (Fsp3) is 0.379. The van der Waals surface area contributed by atoms with Gasteiger partial charge in [0.1, 0.15) is 18.2 Å². The summed E-state index contributed by atoms with van der Waals surface area (Å²) >= 11 is 0. The Labute approximate surface area is 217 Å². The van der Waals surface area contributed by atoms with E-state index in [-0.39, 0.29) is 12.5 Å². The molecule has 192 valence electrons. The lowest BCUT2D eigenvalue weighted by Crippen LogP contribution is -2.50. The second kappa shape index (κ2) is 11.5. The summed E-state index contributed by atoms with van der Waals surface area (Å²) in [6, 6.07) is 20.0. The topological polar surface area (TPSA) is 76.4 Å². The third-order valence-corrected chi connectivity index (χ3v) is 6.75. The van der Waals surface area contributed by atoms with Crippen LogP contribution < -0.4 is 4.90 Å². The lowest BCUT2D eigenvalue weighted by molar-refractivity contribution is -0.136. The Hall–Kier alpha value is -3.78. The van der Waals surface area contributed by atoms with Crippen LogP contribution in [0.2, 0.25) is 0 Å². The average Bonchev–Trinajstić information content (AvgIpc) is 3.28. The predicted octanol–water partition coefficient (Wildman–Crippen LogP) is 4.33. The van der Waals surface area contributed by atoms with E-state index in [4.69, 9.17) is 19.8 Å². The molecule has 4 aromatic rings. The van der Waals surface area contributed by atoms with Gasteiger partial charge in [-0.3, -0.25) is 4.79 Å². The van der Waals surface area contributed by atoms with Gasteiger partial charge in [-0.1, -0.05) is 61.9 Å². The van der Waals surface area contributed by atoms with Gasteiger partial charge in [0.25, 0.3) is 0 Å². The number of para-hydroxylation sites is 1. The maximum atomic E-state index is 12.8. The predicted molar refractivity (Wildman–Crippen MR) is 145 cm³/mol. The number of nitrogens with zero attached hydrogens (tertiary/aromatic N) is 6. The van der Waals surface area contributed by atoms with Crippen LogP contribution in [0.25, 0.3) is 16.7 Å². The Bertz CT molecular complexity index is 1330. The van der Waals surface area contributed by atoms with Crippen molar-refractivity contribution in [1.82, 2.24) is 24.6 Å². The summed E-state index contributed by atoms with van der Waals surface area (Å²) in [4.78, 5) is 26.9. The number of fused-ring (bicyclic) bond motifs is 1. The van der Waals surface area contributed by atoms with Crippen LogP contribution in [-0.2, 0) is 22.6 Å². The number of benzene rings is 2. The molecule has 1 amide bonds. The van der Waals surface area contributed by atoms with Gasteiger partial charge in [-0.15, -0.1) is 0 Å². The van der Waals surface area contributed by atoms with Crippen LogP contribution in [0.3, 0.4) is 0 Å². The van der Waals surface area contributed by atoms with E-state index in [1.807, 2.05) is 77.2 Å². The van der Waals surface area contributed by atoms with Gasteiger partial charge in [-0.05, 0) is 31.0 Å². The van der Waals surface area contributed by atoms with E-state index >= 15 is 0 Å². The lowest BCUT2D eigenvalue weighted by Gasteiger charge is -2.35. The Morgan fingerprint density at radius 3 is 2.35 bits per heavy atom. The molecule has 2 aromatic heterocycles. The maximum Gasteiger partial charge on any atom is 0.248 e. The summed E-state index contributed by atoms with van der Waals surface area (Å²) in [5, 5.41) is 5.83. The molecule has 0 bridgehead atoms. The SMILES string of the molecule is CCCCc1nc(N2CCN(C(=O)COCc3ccccc3)CC2)c2c(C)nn(-c3ccccc3)c2n1. The largest absolute Gasteiger partial charge is 0.367 e. The minimum Gasteiger partial charge on any atom is -0.367 e. The number of carbonyl (C=O) groups excluding carboxylic acids is 1. The summed E-state index contributed by atoms with van der Waals surface area (Å²) < 4.78 is 7.61. The van der Waals surface area contributed by atoms with Gasteiger partial charge in [-0.25, -0.2) is 14.6 Å². The standard InChI is InChI=1S/C29H34N6O2/c1-3-4-15-25-30-28(27-22(2)32-35(29(27)31-25)24-13-9-6-10-14-24)34-18-16-33(17-19-34)26(36)21-37-20-23-11-7-5-8-12-23/h5-14H,3-4,15-21H2,1-2H3. The molecule has 0 aliphatic carbocycles. The molecule has 1 aliphatic heterocycles. The van der Waals surface area contributed by atoms with E-state index in [2.05, 4.69) is 11.8 Å². The molecule has 0 unspecified atom stereocenters. The van der Waals surface area contributed by atoms with Crippen LogP contribution in [0.1, 0.15) is 36.8 Å². The highest BCUT2D eigenvalue weighted by atomic mass is 16.5. The van der Waals surface area contributed by atoms with Crippen molar-refractivity contribution in [3.05, 3.63) is 77.7 Å². The normalized spacial score (nSPS) is 13.9. The third kappa shape index (κ3) is 5.64.